The lowest BCUT2D eigenvalue weighted by atomic mass is 10.3. The van der Waals surface area contributed by atoms with E-state index in [1.165, 1.54) is 22.7 Å². The summed E-state index contributed by atoms with van der Waals surface area (Å²) in [6.07, 6.45) is 1.53. The van der Waals surface area contributed by atoms with Crippen molar-refractivity contribution in [2.45, 2.75) is 25.3 Å². The molecule has 2 aromatic rings. The van der Waals surface area contributed by atoms with Crippen LogP contribution < -0.4 is 16.2 Å². The molecule has 0 radical (unpaired) electrons. The fraction of sp³-hybridized carbons (Fsp3) is 0.312. The molecule has 1 aromatic heterocycles. The van der Waals surface area contributed by atoms with E-state index in [9.17, 15) is 18.5 Å². The Hall–Kier alpha value is -2.70. The molecule has 0 aliphatic carbocycles. The number of sulfonamides is 1. The summed E-state index contributed by atoms with van der Waals surface area (Å²) >= 11 is 5.13. The minimum absolute atomic E-state index is 0.139. The van der Waals surface area contributed by atoms with Crippen LogP contribution in [0.2, 0.25) is 0 Å². The lowest BCUT2D eigenvalue weighted by Crippen LogP contribution is -2.39. The van der Waals surface area contributed by atoms with E-state index in [-0.39, 0.29) is 34.5 Å². The van der Waals surface area contributed by atoms with Crippen molar-refractivity contribution in [1.82, 2.24) is 15.0 Å². The molecule has 1 heterocycles. The first-order valence-corrected chi connectivity index (χ1v) is 10.2. The van der Waals surface area contributed by atoms with Crippen LogP contribution in [-0.4, -0.2) is 35.8 Å². The Morgan fingerprint density at radius 3 is 2.57 bits per heavy atom. The molecule has 0 spiro atoms. The Kier molecular flexibility index (Phi) is 7.31. The summed E-state index contributed by atoms with van der Waals surface area (Å²) in [5.74, 6) is 0.671. The molecule has 28 heavy (non-hydrogen) atoms. The molecule has 0 aliphatic rings. The molecule has 3 N–H and O–H groups in total. The molecule has 10 nitrogen and oxygen atoms in total. The highest BCUT2D eigenvalue weighted by Gasteiger charge is 2.27. The SMILES string of the molecule is CCN(CC)S(=O)(=O)c1cc([N+](=O)[O-])ccc1NNC(=S)NCc1ccco1. The van der Waals surface area contributed by atoms with E-state index >= 15 is 0 Å². The van der Waals surface area contributed by atoms with Gasteiger partial charge in [-0.1, -0.05) is 13.8 Å². The molecule has 0 atom stereocenters. The summed E-state index contributed by atoms with van der Waals surface area (Å²) in [5, 5.41) is 14.2. The van der Waals surface area contributed by atoms with Crippen molar-refractivity contribution < 1.29 is 17.8 Å². The summed E-state index contributed by atoms with van der Waals surface area (Å²) in [4.78, 5) is 10.2. The van der Waals surface area contributed by atoms with Crippen LogP contribution in [0.15, 0.2) is 45.9 Å². The van der Waals surface area contributed by atoms with Crippen LogP contribution in [0.25, 0.3) is 0 Å². The van der Waals surface area contributed by atoms with E-state index in [0.717, 1.165) is 6.07 Å². The Balaban J connectivity index is 2.20. The van der Waals surface area contributed by atoms with Crippen LogP contribution in [0.3, 0.4) is 0 Å². The van der Waals surface area contributed by atoms with E-state index in [4.69, 9.17) is 16.6 Å². The first-order chi connectivity index (χ1) is 13.3. The van der Waals surface area contributed by atoms with E-state index in [2.05, 4.69) is 16.2 Å². The van der Waals surface area contributed by atoms with E-state index in [1.807, 2.05) is 0 Å². The zero-order valence-corrected chi connectivity index (χ0v) is 17.0. The largest absolute Gasteiger partial charge is 0.467 e. The zero-order chi connectivity index (χ0) is 20.7. The normalized spacial score (nSPS) is 11.2. The highest BCUT2D eigenvalue weighted by atomic mass is 32.2. The standard InChI is InChI=1S/C16H21N5O5S2/c1-3-20(4-2)28(24,25)15-10-12(21(22)23)7-8-14(15)18-19-16(27)17-11-13-6-5-9-26-13/h5-10,18H,3-4,11H2,1-2H3,(H2,17,19,27). The highest BCUT2D eigenvalue weighted by molar-refractivity contribution is 7.89. The topological polar surface area (TPSA) is 130 Å². The van der Waals surface area contributed by atoms with Crippen LogP contribution in [0.4, 0.5) is 11.4 Å². The molecule has 0 bridgehead atoms. The minimum Gasteiger partial charge on any atom is -0.467 e. The van der Waals surface area contributed by atoms with Gasteiger partial charge in [0.05, 0.1) is 23.4 Å². The molecule has 0 unspecified atom stereocenters. The lowest BCUT2D eigenvalue weighted by molar-refractivity contribution is -0.385. The molecule has 2 rings (SSSR count). The van der Waals surface area contributed by atoms with Crippen LogP contribution in [-0.2, 0) is 16.6 Å². The number of hydrogen-bond acceptors (Lipinski definition) is 7. The third-order valence-corrected chi connectivity index (χ3v) is 6.15. The Bertz CT molecular complexity index is 927. The van der Waals surface area contributed by atoms with E-state index in [1.54, 1.807) is 26.0 Å². The smallest absolute Gasteiger partial charge is 0.270 e. The van der Waals surface area contributed by atoms with Crippen molar-refractivity contribution in [2.24, 2.45) is 0 Å². The maximum atomic E-state index is 12.9. The average Bonchev–Trinajstić information content (AvgIpc) is 3.18. The van der Waals surface area contributed by atoms with Crippen LogP contribution in [0, 0.1) is 10.1 Å². The molecule has 0 fully saturated rings. The molecule has 1 aromatic carbocycles. The minimum atomic E-state index is -3.94. The van der Waals surface area contributed by atoms with Gasteiger partial charge < -0.3 is 9.73 Å². The summed E-state index contributed by atoms with van der Waals surface area (Å²) in [7, 11) is -3.94. The third-order valence-electron chi connectivity index (χ3n) is 3.81. The van der Waals surface area contributed by atoms with Crippen molar-refractivity contribution in [3.8, 4) is 0 Å². The number of anilines is 1. The maximum Gasteiger partial charge on any atom is 0.270 e. The second-order valence-electron chi connectivity index (χ2n) is 5.54. The Morgan fingerprint density at radius 2 is 2.00 bits per heavy atom. The van der Waals surface area contributed by atoms with Crippen molar-refractivity contribution in [1.29, 1.82) is 0 Å². The van der Waals surface area contributed by atoms with Crippen molar-refractivity contribution in [3.63, 3.8) is 0 Å². The molecular formula is C16H21N5O5S2. The van der Waals surface area contributed by atoms with Gasteiger partial charge in [0.2, 0.25) is 10.0 Å². The van der Waals surface area contributed by atoms with Gasteiger partial charge in [-0.2, -0.15) is 4.31 Å². The van der Waals surface area contributed by atoms with Gasteiger partial charge in [-0.3, -0.25) is 21.0 Å². The van der Waals surface area contributed by atoms with Gasteiger partial charge in [-0.15, -0.1) is 0 Å². The lowest BCUT2D eigenvalue weighted by Gasteiger charge is -2.21. The predicted molar refractivity (Wildman–Crippen MR) is 108 cm³/mol. The van der Waals surface area contributed by atoms with Crippen molar-refractivity contribution in [2.75, 3.05) is 18.5 Å². The number of thiocarbonyl (C=S) groups is 1. The van der Waals surface area contributed by atoms with E-state index in [0.29, 0.717) is 12.3 Å². The van der Waals surface area contributed by atoms with Gasteiger partial charge in [0, 0.05) is 25.2 Å². The molecule has 0 saturated carbocycles. The van der Waals surface area contributed by atoms with Gasteiger partial charge in [-0.25, -0.2) is 8.42 Å². The molecule has 152 valence electrons. The number of nitrogens with one attached hydrogen (secondary N) is 3. The van der Waals surface area contributed by atoms with Crippen molar-refractivity contribution in [3.05, 3.63) is 52.5 Å². The number of nitro benzene ring substituents is 1. The van der Waals surface area contributed by atoms with Crippen LogP contribution in [0.1, 0.15) is 19.6 Å². The molecular weight excluding hydrogens is 406 g/mol. The summed E-state index contributed by atoms with van der Waals surface area (Å²) < 4.78 is 32.2. The highest BCUT2D eigenvalue weighted by Crippen LogP contribution is 2.28. The quantitative estimate of drug-likeness (QED) is 0.313. The molecule has 0 amide bonds. The second-order valence-corrected chi connectivity index (χ2v) is 7.85. The van der Waals surface area contributed by atoms with Gasteiger partial charge in [0.25, 0.3) is 5.69 Å². The van der Waals surface area contributed by atoms with Crippen LogP contribution >= 0.6 is 12.2 Å². The Labute approximate surface area is 168 Å². The number of nitro groups is 1. The van der Waals surface area contributed by atoms with Gasteiger partial charge in [-0.05, 0) is 30.4 Å². The Morgan fingerprint density at radius 1 is 1.29 bits per heavy atom. The summed E-state index contributed by atoms with van der Waals surface area (Å²) in [6, 6.07) is 7.07. The van der Waals surface area contributed by atoms with E-state index < -0.39 is 14.9 Å². The monoisotopic (exact) mass is 427 g/mol. The zero-order valence-electron chi connectivity index (χ0n) is 15.3. The molecule has 12 heteroatoms. The maximum absolute atomic E-state index is 12.9. The second kappa shape index (κ2) is 9.48. The number of benzene rings is 1. The fourth-order valence-electron chi connectivity index (χ4n) is 2.39. The van der Waals surface area contributed by atoms with Gasteiger partial charge in [0.1, 0.15) is 10.7 Å². The predicted octanol–water partition coefficient (Wildman–Crippen LogP) is 2.21. The average molecular weight is 428 g/mol. The third kappa shape index (κ3) is 5.18. The number of hydrogen-bond donors (Lipinski definition) is 3. The number of rotatable bonds is 9. The van der Waals surface area contributed by atoms with Crippen molar-refractivity contribution >= 4 is 38.7 Å². The summed E-state index contributed by atoms with van der Waals surface area (Å²) in [5.41, 5.74) is 5.19. The fourth-order valence-corrected chi connectivity index (χ4v) is 4.14. The van der Waals surface area contributed by atoms with Gasteiger partial charge in [0.15, 0.2) is 5.11 Å². The number of hydrazine groups is 1. The van der Waals surface area contributed by atoms with Gasteiger partial charge >= 0.3 is 0 Å². The number of furan rings is 1. The first-order valence-electron chi connectivity index (χ1n) is 8.40. The number of nitrogens with zero attached hydrogens (tertiary/aromatic N) is 2. The molecule has 0 saturated heterocycles. The first kappa shape index (κ1) is 21.6. The summed E-state index contributed by atoms with van der Waals surface area (Å²) in [6.45, 7) is 4.19. The molecule has 0 aliphatic heterocycles. The van der Waals surface area contributed by atoms with Crippen LogP contribution in [0.5, 0.6) is 0 Å². The number of non-ortho nitro benzene ring substituents is 1.